The number of carbonyl (C=O) groups excluding carboxylic acids is 2. The van der Waals surface area contributed by atoms with Gasteiger partial charge in [-0.1, -0.05) is 6.92 Å². The van der Waals surface area contributed by atoms with E-state index in [1.165, 1.54) is 35.6 Å². The number of fused-ring (bicyclic) bond motifs is 1. The van der Waals surface area contributed by atoms with Gasteiger partial charge in [-0.3, -0.25) is 14.5 Å². The Hall–Kier alpha value is -1.96. The predicted octanol–water partition coefficient (Wildman–Crippen LogP) is 3.04. The lowest BCUT2D eigenvalue weighted by atomic mass is 10.0. The van der Waals surface area contributed by atoms with E-state index in [4.69, 9.17) is 5.73 Å². The van der Waals surface area contributed by atoms with E-state index in [1.807, 2.05) is 0 Å². The maximum absolute atomic E-state index is 13.0. The normalized spacial score (nSPS) is 13.7. The van der Waals surface area contributed by atoms with Crippen LogP contribution in [0.1, 0.15) is 38.1 Å². The van der Waals surface area contributed by atoms with Crippen LogP contribution in [-0.4, -0.2) is 29.8 Å². The first-order chi connectivity index (χ1) is 11.5. The lowest BCUT2D eigenvalue weighted by Crippen LogP contribution is -2.30. The minimum atomic E-state index is -0.535. The van der Waals surface area contributed by atoms with Crippen LogP contribution >= 0.6 is 23.7 Å². The number of thiophene rings is 1. The van der Waals surface area contributed by atoms with Crippen molar-refractivity contribution in [3.05, 3.63) is 51.7 Å². The van der Waals surface area contributed by atoms with E-state index in [-0.39, 0.29) is 18.3 Å². The molecule has 3 N–H and O–H groups in total. The number of benzene rings is 1. The second-order valence-corrected chi connectivity index (χ2v) is 6.76. The van der Waals surface area contributed by atoms with Crippen molar-refractivity contribution >= 4 is 40.6 Å². The van der Waals surface area contributed by atoms with Crippen molar-refractivity contribution < 1.29 is 14.0 Å². The summed E-state index contributed by atoms with van der Waals surface area (Å²) in [4.78, 5) is 27.6. The topological polar surface area (TPSA) is 75.4 Å². The van der Waals surface area contributed by atoms with Gasteiger partial charge in [0.2, 0.25) is 0 Å². The van der Waals surface area contributed by atoms with Gasteiger partial charge >= 0.3 is 0 Å². The van der Waals surface area contributed by atoms with E-state index in [0.717, 1.165) is 36.5 Å². The second kappa shape index (κ2) is 7.95. The van der Waals surface area contributed by atoms with Crippen LogP contribution in [0.3, 0.4) is 0 Å². The number of nitrogens with two attached hydrogens (primary N) is 1. The highest BCUT2D eigenvalue weighted by molar-refractivity contribution is 7.17. The maximum atomic E-state index is 13.0. The number of anilines is 1. The number of nitrogens with zero attached hydrogens (tertiary/aromatic N) is 1. The lowest BCUT2D eigenvalue weighted by molar-refractivity contribution is 0.1000. The molecule has 1 aromatic heterocycles. The molecule has 1 aliphatic heterocycles. The van der Waals surface area contributed by atoms with Crippen molar-refractivity contribution in [2.24, 2.45) is 5.73 Å². The molecule has 134 valence electrons. The molecule has 1 aromatic carbocycles. The number of halogens is 2. The number of primary amides is 1. The Morgan fingerprint density at radius 2 is 2.00 bits per heavy atom. The summed E-state index contributed by atoms with van der Waals surface area (Å²) in [6.07, 6.45) is 0.740. The Morgan fingerprint density at radius 1 is 1.32 bits per heavy atom. The zero-order valence-electron chi connectivity index (χ0n) is 13.7. The molecule has 5 nitrogen and oxygen atoms in total. The average molecular weight is 384 g/mol. The first kappa shape index (κ1) is 19.4. The van der Waals surface area contributed by atoms with Gasteiger partial charge in [-0.15, -0.1) is 23.7 Å². The number of likely N-dealkylation sites (N-methyl/N-ethyl adjacent to an activating group) is 1. The number of rotatable bonds is 4. The molecule has 0 fully saturated rings. The van der Waals surface area contributed by atoms with Crippen LogP contribution in [0.2, 0.25) is 0 Å². The third kappa shape index (κ3) is 4.00. The number of hydrogen-bond donors (Lipinski definition) is 2. The molecule has 0 radical (unpaired) electrons. The molecule has 2 aromatic rings. The van der Waals surface area contributed by atoms with E-state index in [9.17, 15) is 14.0 Å². The number of hydrogen-bond acceptors (Lipinski definition) is 4. The summed E-state index contributed by atoms with van der Waals surface area (Å²) < 4.78 is 13.0. The molecule has 0 atom stereocenters. The Morgan fingerprint density at radius 3 is 2.60 bits per heavy atom. The molecule has 0 unspecified atom stereocenters. The molecule has 1 aliphatic rings. The van der Waals surface area contributed by atoms with E-state index < -0.39 is 11.7 Å². The quantitative estimate of drug-likeness (QED) is 0.852. The van der Waals surface area contributed by atoms with Gasteiger partial charge in [-0.05, 0) is 42.8 Å². The van der Waals surface area contributed by atoms with Crippen LogP contribution in [0.25, 0.3) is 0 Å². The smallest absolute Gasteiger partial charge is 0.256 e. The summed E-state index contributed by atoms with van der Waals surface area (Å²) in [6.45, 7) is 4.64. The van der Waals surface area contributed by atoms with Gasteiger partial charge in [0.05, 0.1) is 5.56 Å². The summed E-state index contributed by atoms with van der Waals surface area (Å²) in [5.74, 6) is -1.33. The number of nitrogens with one attached hydrogen (secondary N) is 1. The van der Waals surface area contributed by atoms with Crippen LogP contribution in [0.4, 0.5) is 9.39 Å². The summed E-state index contributed by atoms with van der Waals surface area (Å²) in [6, 6.07) is 5.26. The molecule has 0 spiro atoms. The van der Waals surface area contributed by atoms with Crippen LogP contribution in [-0.2, 0) is 13.0 Å². The molecular weight excluding hydrogens is 365 g/mol. The van der Waals surface area contributed by atoms with Crippen molar-refractivity contribution in [3.63, 3.8) is 0 Å². The van der Waals surface area contributed by atoms with Gasteiger partial charge < -0.3 is 11.1 Å². The SMILES string of the molecule is CCN1CCc2c(sc(NC(=O)c3ccc(F)cc3)c2C(N)=O)C1.Cl. The Bertz CT molecular complexity index is 792. The van der Waals surface area contributed by atoms with Crippen molar-refractivity contribution in [2.45, 2.75) is 19.9 Å². The Labute approximate surface area is 155 Å². The number of carbonyl (C=O) groups is 2. The zero-order valence-corrected chi connectivity index (χ0v) is 15.3. The van der Waals surface area contributed by atoms with Crippen LogP contribution in [0, 0.1) is 5.82 Å². The minimum absolute atomic E-state index is 0. The molecule has 2 heterocycles. The molecular formula is C17H19ClFN3O2S. The van der Waals surface area contributed by atoms with E-state index in [2.05, 4.69) is 17.1 Å². The second-order valence-electron chi connectivity index (χ2n) is 5.65. The summed E-state index contributed by atoms with van der Waals surface area (Å²) in [7, 11) is 0. The third-order valence-corrected chi connectivity index (χ3v) is 5.30. The fraction of sp³-hybridized carbons (Fsp3) is 0.294. The summed E-state index contributed by atoms with van der Waals surface area (Å²) in [5.41, 5.74) is 7.21. The summed E-state index contributed by atoms with van der Waals surface area (Å²) >= 11 is 1.39. The largest absolute Gasteiger partial charge is 0.365 e. The molecule has 2 amide bonds. The lowest BCUT2D eigenvalue weighted by Gasteiger charge is -2.25. The monoisotopic (exact) mass is 383 g/mol. The van der Waals surface area contributed by atoms with Crippen LogP contribution in [0.15, 0.2) is 24.3 Å². The molecule has 3 rings (SSSR count). The van der Waals surface area contributed by atoms with E-state index in [0.29, 0.717) is 16.1 Å². The van der Waals surface area contributed by atoms with Gasteiger partial charge in [0, 0.05) is 23.5 Å². The Balaban J connectivity index is 0.00000225. The molecule has 0 saturated carbocycles. The van der Waals surface area contributed by atoms with Gasteiger partial charge in [-0.25, -0.2) is 4.39 Å². The predicted molar refractivity (Wildman–Crippen MR) is 99.1 cm³/mol. The van der Waals surface area contributed by atoms with Gasteiger partial charge in [0.1, 0.15) is 10.8 Å². The highest BCUT2D eigenvalue weighted by Crippen LogP contribution is 2.37. The van der Waals surface area contributed by atoms with Gasteiger partial charge in [-0.2, -0.15) is 0 Å². The fourth-order valence-electron chi connectivity index (χ4n) is 2.85. The first-order valence-electron chi connectivity index (χ1n) is 7.73. The van der Waals surface area contributed by atoms with Crippen LogP contribution < -0.4 is 11.1 Å². The minimum Gasteiger partial charge on any atom is -0.365 e. The highest BCUT2D eigenvalue weighted by Gasteiger charge is 2.27. The summed E-state index contributed by atoms with van der Waals surface area (Å²) in [5, 5.41) is 3.23. The average Bonchev–Trinajstić information content (AvgIpc) is 2.92. The zero-order chi connectivity index (χ0) is 17.3. The number of amides is 2. The van der Waals surface area contributed by atoms with Crippen LogP contribution in [0.5, 0.6) is 0 Å². The Kier molecular flexibility index (Phi) is 6.16. The van der Waals surface area contributed by atoms with Crippen molar-refractivity contribution in [2.75, 3.05) is 18.4 Å². The van der Waals surface area contributed by atoms with Crippen molar-refractivity contribution in [1.82, 2.24) is 4.90 Å². The molecule has 0 bridgehead atoms. The maximum Gasteiger partial charge on any atom is 0.256 e. The molecule has 8 heteroatoms. The highest BCUT2D eigenvalue weighted by atomic mass is 35.5. The molecule has 25 heavy (non-hydrogen) atoms. The molecule has 0 aliphatic carbocycles. The fourth-order valence-corrected chi connectivity index (χ4v) is 4.14. The van der Waals surface area contributed by atoms with E-state index >= 15 is 0 Å². The van der Waals surface area contributed by atoms with Crippen molar-refractivity contribution in [3.8, 4) is 0 Å². The molecule has 0 saturated heterocycles. The standard InChI is InChI=1S/C17H18FN3O2S.ClH/c1-2-21-8-7-12-13(9-21)24-17(14(12)15(19)22)20-16(23)10-3-5-11(18)6-4-10;/h3-6H,2,7-9H2,1H3,(H2,19,22)(H,20,23);1H. The van der Waals surface area contributed by atoms with Crippen molar-refractivity contribution in [1.29, 1.82) is 0 Å². The first-order valence-corrected chi connectivity index (χ1v) is 8.54. The third-order valence-electron chi connectivity index (χ3n) is 4.16. The van der Waals surface area contributed by atoms with Gasteiger partial charge in [0.25, 0.3) is 11.8 Å². The van der Waals surface area contributed by atoms with Gasteiger partial charge in [0.15, 0.2) is 0 Å². The van der Waals surface area contributed by atoms with E-state index in [1.54, 1.807) is 0 Å².